The molecule has 11 nitrogen and oxygen atoms in total. The number of amides is 4. The molecule has 250 valence electrons. The van der Waals surface area contributed by atoms with Crippen molar-refractivity contribution in [1.82, 2.24) is 10.6 Å². The van der Waals surface area contributed by atoms with Gasteiger partial charge in [0.25, 0.3) is 11.8 Å². The highest BCUT2D eigenvalue weighted by Crippen LogP contribution is 2.29. The van der Waals surface area contributed by atoms with E-state index in [-0.39, 0.29) is 35.1 Å². The summed E-state index contributed by atoms with van der Waals surface area (Å²) < 4.78 is 39.2. The SMILES string of the molecule is C=CC(=O)NC(CC)C(=O)Nc1cccc(NC/N=C\C(=C/N=C)NC(=O)c2cc(NC(=O)c3cccc(C(F)(F)F)c3)ccc2C)c1. The van der Waals surface area contributed by atoms with Gasteiger partial charge >= 0.3 is 6.18 Å². The first-order valence-corrected chi connectivity index (χ1v) is 14.5. The lowest BCUT2D eigenvalue weighted by Crippen LogP contribution is -2.42. The lowest BCUT2D eigenvalue weighted by molar-refractivity contribution is -0.137. The zero-order chi connectivity index (χ0) is 35.3. The second-order valence-electron chi connectivity index (χ2n) is 10.2. The average Bonchev–Trinajstić information content (AvgIpc) is 3.06. The van der Waals surface area contributed by atoms with Crippen LogP contribution in [-0.2, 0) is 15.8 Å². The second kappa shape index (κ2) is 17.0. The van der Waals surface area contributed by atoms with Crippen LogP contribution in [0.1, 0.15) is 45.2 Å². The largest absolute Gasteiger partial charge is 0.416 e. The number of alkyl halides is 3. The molecule has 0 fully saturated rings. The minimum atomic E-state index is -4.60. The molecule has 1 unspecified atom stereocenters. The Hall–Kier alpha value is -6.05. The third kappa shape index (κ3) is 10.8. The zero-order valence-corrected chi connectivity index (χ0v) is 26.1. The molecule has 0 aliphatic rings. The molecular formula is C34H34F3N7O4. The van der Waals surface area contributed by atoms with Crippen LogP contribution in [0.5, 0.6) is 0 Å². The zero-order valence-electron chi connectivity index (χ0n) is 26.1. The number of carbonyl (C=O) groups excluding carboxylic acids is 4. The highest BCUT2D eigenvalue weighted by atomic mass is 19.4. The predicted molar refractivity (Wildman–Crippen MR) is 180 cm³/mol. The smallest absolute Gasteiger partial charge is 0.366 e. The average molecular weight is 662 g/mol. The molecule has 0 heterocycles. The summed E-state index contributed by atoms with van der Waals surface area (Å²) in [5.74, 6) is -2.17. The van der Waals surface area contributed by atoms with Crippen molar-refractivity contribution in [2.75, 3.05) is 22.6 Å². The maximum atomic E-state index is 13.1. The lowest BCUT2D eigenvalue weighted by Gasteiger charge is -2.16. The van der Waals surface area contributed by atoms with E-state index in [1.54, 1.807) is 44.2 Å². The molecule has 3 aromatic rings. The van der Waals surface area contributed by atoms with Gasteiger partial charge in [0, 0.05) is 34.4 Å². The van der Waals surface area contributed by atoms with Gasteiger partial charge in [-0.3, -0.25) is 29.2 Å². The van der Waals surface area contributed by atoms with E-state index in [4.69, 9.17) is 0 Å². The van der Waals surface area contributed by atoms with Crippen molar-refractivity contribution in [1.29, 1.82) is 0 Å². The summed E-state index contributed by atoms with van der Waals surface area (Å²) >= 11 is 0. The van der Waals surface area contributed by atoms with Crippen molar-refractivity contribution in [2.24, 2.45) is 9.98 Å². The monoisotopic (exact) mass is 661 g/mol. The standard InChI is InChI=1S/C34H34F3N7O4/c1-5-29(44-30(45)6-2)33(48)42-25-12-8-11-24(16-25)40-20-39-19-27(18-38-4)43-32(47)28-17-26(14-13-21(28)3)41-31(46)22-9-7-10-23(15-22)34(35,36)37/h6-19,29,40H,2,4-5,20H2,1,3H3,(H,41,46)(H,42,48)(H,43,47)(H,44,45)/b27-18+,39-19-. The van der Waals surface area contributed by atoms with Crippen molar-refractivity contribution in [3.63, 3.8) is 0 Å². The summed E-state index contributed by atoms with van der Waals surface area (Å²) in [6.45, 7) is 10.3. The van der Waals surface area contributed by atoms with Gasteiger partial charge < -0.3 is 26.6 Å². The Morgan fingerprint density at radius 1 is 0.917 bits per heavy atom. The number of nitrogens with one attached hydrogen (secondary N) is 5. The van der Waals surface area contributed by atoms with Gasteiger partial charge in [-0.1, -0.05) is 31.7 Å². The molecule has 1 atom stereocenters. The van der Waals surface area contributed by atoms with Crippen LogP contribution in [0, 0.1) is 6.92 Å². The quantitative estimate of drug-likeness (QED) is 0.111. The molecule has 0 aromatic heterocycles. The van der Waals surface area contributed by atoms with Crippen LogP contribution < -0.4 is 26.6 Å². The molecule has 3 aromatic carbocycles. The second-order valence-corrected chi connectivity index (χ2v) is 10.2. The molecule has 0 aliphatic heterocycles. The number of anilines is 3. The molecular weight excluding hydrogens is 627 g/mol. The molecule has 5 N–H and O–H groups in total. The summed E-state index contributed by atoms with van der Waals surface area (Å²) in [7, 11) is 0. The Morgan fingerprint density at radius 3 is 2.31 bits per heavy atom. The summed E-state index contributed by atoms with van der Waals surface area (Å²) in [6.07, 6.45) is -0.495. The Morgan fingerprint density at radius 2 is 1.62 bits per heavy atom. The van der Waals surface area contributed by atoms with Gasteiger partial charge in [0.2, 0.25) is 11.8 Å². The van der Waals surface area contributed by atoms with E-state index in [0.29, 0.717) is 23.4 Å². The molecule has 0 saturated heterocycles. The maximum Gasteiger partial charge on any atom is 0.416 e. The number of nitrogens with zero attached hydrogens (tertiary/aromatic N) is 2. The first-order chi connectivity index (χ1) is 22.8. The third-order valence-electron chi connectivity index (χ3n) is 6.64. The van der Waals surface area contributed by atoms with Crippen LogP contribution in [0.4, 0.5) is 30.2 Å². The van der Waals surface area contributed by atoms with E-state index in [9.17, 15) is 32.3 Å². The van der Waals surface area contributed by atoms with Crippen LogP contribution in [0.3, 0.4) is 0 Å². The predicted octanol–water partition coefficient (Wildman–Crippen LogP) is 5.70. The van der Waals surface area contributed by atoms with Crippen molar-refractivity contribution in [3.8, 4) is 0 Å². The van der Waals surface area contributed by atoms with Crippen LogP contribution >= 0.6 is 0 Å². The molecule has 3 rings (SSSR count). The van der Waals surface area contributed by atoms with Gasteiger partial charge in [0.1, 0.15) is 12.7 Å². The van der Waals surface area contributed by atoms with Gasteiger partial charge in [-0.15, -0.1) is 0 Å². The number of halogens is 3. The Labute approximate surface area is 275 Å². The van der Waals surface area contributed by atoms with Crippen molar-refractivity contribution >= 4 is 53.6 Å². The van der Waals surface area contributed by atoms with E-state index < -0.39 is 35.5 Å². The molecule has 0 aliphatic carbocycles. The number of benzene rings is 3. The summed E-state index contributed by atoms with van der Waals surface area (Å²) in [6, 6.07) is 14.6. The van der Waals surface area contributed by atoms with Crippen LogP contribution in [0.15, 0.2) is 101 Å². The van der Waals surface area contributed by atoms with E-state index >= 15 is 0 Å². The topological polar surface area (TPSA) is 153 Å². The number of aliphatic imine (C=N–C) groups is 2. The van der Waals surface area contributed by atoms with E-state index in [2.05, 4.69) is 49.9 Å². The van der Waals surface area contributed by atoms with Gasteiger partial charge in [0.05, 0.1) is 17.5 Å². The molecule has 48 heavy (non-hydrogen) atoms. The molecule has 0 spiro atoms. The number of carbonyl (C=O) groups is 4. The van der Waals surface area contributed by atoms with Gasteiger partial charge in [-0.2, -0.15) is 13.2 Å². The van der Waals surface area contributed by atoms with E-state index in [1.807, 2.05) is 0 Å². The fourth-order valence-corrected chi connectivity index (χ4v) is 4.18. The number of aryl methyl sites for hydroxylation is 1. The molecule has 4 amide bonds. The van der Waals surface area contributed by atoms with Crippen molar-refractivity contribution in [3.05, 3.63) is 114 Å². The van der Waals surface area contributed by atoms with E-state index in [0.717, 1.165) is 24.3 Å². The fraction of sp³-hybridized carbons (Fsp3) is 0.176. The fourth-order valence-electron chi connectivity index (χ4n) is 4.18. The number of allylic oxidation sites excluding steroid dienone is 1. The van der Waals surface area contributed by atoms with Crippen LogP contribution in [0.2, 0.25) is 0 Å². The summed E-state index contributed by atoms with van der Waals surface area (Å²) in [4.78, 5) is 57.9. The van der Waals surface area contributed by atoms with Crippen molar-refractivity contribution < 1.29 is 32.3 Å². The molecule has 14 heteroatoms. The molecule has 0 radical (unpaired) electrons. The Kier molecular flexibility index (Phi) is 12.9. The number of hydrogen-bond donors (Lipinski definition) is 5. The minimum absolute atomic E-state index is 0.0742. The van der Waals surface area contributed by atoms with Gasteiger partial charge in [-0.05, 0) is 80.2 Å². The Bertz CT molecular complexity index is 1750. The highest BCUT2D eigenvalue weighted by Gasteiger charge is 2.31. The number of rotatable bonds is 14. The van der Waals surface area contributed by atoms with Crippen molar-refractivity contribution in [2.45, 2.75) is 32.5 Å². The highest BCUT2D eigenvalue weighted by molar-refractivity contribution is 6.06. The Balaban J connectivity index is 1.62. The number of hydrogen-bond acceptors (Lipinski definition) is 7. The molecule has 0 saturated carbocycles. The maximum absolute atomic E-state index is 13.1. The summed E-state index contributed by atoms with van der Waals surface area (Å²) in [5, 5.41) is 13.6. The third-order valence-corrected chi connectivity index (χ3v) is 6.64. The normalized spacial score (nSPS) is 12.1. The van der Waals surface area contributed by atoms with Crippen LogP contribution in [0.25, 0.3) is 0 Å². The summed E-state index contributed by atoms with van der Waals surface area (Å²) in [5.41, 5.74) is 1.12. The minimum Gasteiger partial charge on any atom is -0.366 e. The van der Waals surface area contributed by atoms with Crippen LogP contribution in [-0.4, -0.2) is 49.3 Å². The van der Waals surface area contributed by atoms with Gasteiger partial charge in [0.15, 0.2) is 0 Å². The van der Waals surface area contributed by atoms with Gasteiger partial charge in [-0.25, -0.2) is 0 Å². The lowest BCUT2D eigenvalue weighted by atomic mass is 10.1. The van der Waals surface area contributed by atoms with E-state index in [1.165, 1.54) is 30.6 Å². The first kappa shape index (κ1) is 36.4. The molecule has 0 bridgehead atoms. The first-order valence-electron chi connectivity index (χ1n) is 14.5.